The second-order valence-corrected chi connectivity index (χ2v) is 4.91. The predicted octanol–water partition coefficient (Wildman–Crippen LogP) is 1.37. The molecule has 0 heterocycles. The van der Waals surface area contributed by atoms with Crippen LogP contribution >= 0.6 is 0 Å². The van der Waals surface area contributed by atoms with Gasteiger partial charge in [-0.25, -0.2) is 0 Å². The summed E-state index contributed by atoms with van der Waals surface area (Å²) in [4.78, 5) is 31.6. The molecule has 0 spiro atoms. The van der Waals surface area contributed by atoms with Gasteiger partial charge in [-0.1, -0.05) is 6.92 Å². The molecule has 0 unspecified atom stereocenters. The molecule has 0 radical (unpaired) electrons. The highest BCUT2D eigenvalue weighted by molar-refractivity contribution is 5.91. The Morgan fingerprint density at radius 3 is 2.35 bits per heavy atom. The number of aldehydes is 1. The number of amides is 1. The molecular formula is C16H25N3O4. The Morgan fingerprint density at radius 2 is 1.91 bits per heavy atom. The van der Waals surface area contributed by atoms with Crippen molar-refractivity contribution in [2.24, 2.45) is 11.5 Å². The van der Waals surface area contributed by atoms with E-state index >= 15 is 0 Å². The molecule has 0 aromatic heterocycles. The standard InChI is InChI=1S/C11H13NO2.C5H12N2O2/c1-2-3-11(14)12-10-6-4-9(8-13)5-7-10;6-3-1-2-4(7)5(8)9/h4-8H,2-3H2,1H3,(H,12,14);4H,1-3,6-7H2,(H,8,9)/t;4-/m.0/s1. The maximum absolute atomic E-state index is 11.2. The van der Waals surface area contributed by atoms with Gasteiger partial charge in [0, 0.05) is 17.7 Å². The van der Waals surface area contributed by atoms with Crippen LogP contribution in [0.5, 0.6) is 0 Å². The molecule has 1 aromatic carbocycles. The molecular weight excluding hydrogens is 298 g/mol. The number of benzene rings is 1. The molecule has 1 amide bonds. The van der Waals surface area contributed by atoms with E-state index in [1.54, 1.807) is 24.3 Å². The Kier molecular flexibility index (Phi) is 11.1. The van der Waals surface area contributed by atoms with Gasteiger partial charge in [0.1, 0.15) is 12.3 Å². The number of carbonyl (C=O) groups is 3. The first kappa shape index (κ1) is 20.8. The molecule has 1 aromatic rings. The second-order valence-electron chi connectivity index (χ2n) is 4.91. The molecule has 0 aliphatic heterocycles. The van der Waals surface area contributed by atoms with Crippen molar-refractivity contribution in [2.75, 3.05) is 11.9 Å². The maximum atomic E-state index is 11.2. The summed E-state index contributed by atoms with van der Waals surface area (Å²) < 4.78 is 0. The van der Waals surface area contributed by atoms with Crippen molar-refractivity contribution in [1.29, 1.82) is 0 Å². The smallest absolute Gasteiger partial charge is 0.320 e. The Bertz CT molecular complexity index is 489. The number of rotatable bonds is 8. The third-order valence-electron chi connectivity index (χ3n) is 2.84. The normalized spacial score (nSPS) is 10.9. The highest BCUT2D eigenvalue weighted by Gasteiger charge is 2.08. The van der Waals surface area contributed by atoms with E-state index in [0.29, 0.717) is 31.4 Å². The van der Waals surface area contributed by atoms with Crippen LogP contribution in [0.2, 0.25) is 0 Å². The van der Waals surface area contributed by atoms with Crippen LogP contribution in [-0.4, -0.2) is 35.9 Å². The van der Waals surface area contributed by atoms with Gasteiger partial charge in [0.2, 0.25) is 5.91 Å². The van der Waals surface area contributed by atoms with E-state index in [0.717, 1.165) is 18.4 Å². The molecule has 0 saturated heterocycles. The SMILES string of the molecule is CCCC(=O)Nc1ccc(C=O)cc1.NCCC[C@H](N)C(=O)O. The molecule has 1 atom stereocenters. The number of carbonyl (C=O) groups excluding carboxylic acids is 2. The monoisotopic (exact) mass is 323 g/mol. The number of hydrogen-bond acceptors (Lipinski definition) is 5. The second kappa shape index (κ2) is 12.3. The van der Waals surface area contributed by atoms with E-state index in [1.165, 1.54) is 0 Å². The zero-order valence-corrected chi connectivity index (χ0v) is 13.3. The maximum Gasteiger partial charge on any atom is 0.320 e. The Labute approximate surface area is 136 Å². The van der Waals surface area contributed by atoms with Crippen molar-refractivity contribution in [3.8, 4) is 0 Å². The lowest BCUT2D eigenvalue weighted by Gasteiger charge is -2.03. The van der Waals surface area contributed by atoms with E-state index in [-0.39, 0.29) is 5.91 Å². The lowest BCUT2D eigenvalue weighted by atomic mass is 10.2. The van der Waals surface area contributed by atoms with Crippen LogP contribution in [0.3, 0.4) is 0 Å². The zero-order chi connectivity index (χ0) is 17.7. The average molecular weight is 323 g/mol. The highest BCUT2D eigenvalue weighted by Crippen LogP contribution is 2.08. The molecule has 7 heteroatoms. The van der Waals surface area contributed by atoms with Gasteiger partial charge in [-0.15, -0.1) is 0 Å². The van der Waals surface area contributed by atoms with Crippen molar-refractivity contribution in [1.82, 2.24) is 0 Å². The third kappa shape index (κ3) is 10.2. The van der Waals surface area contributed by atoms with Gasteiger partial charge in [-0.05, 0) is 50.1 Å². The Morgan fingerprint density at radius 1 is 1.30 bits per heavy atom. The van der Waals surface area contributed by atoms with E-state index in [2.05, 4.69) is 5.32 Å². The van der Waals surface area contributed by atoms with Crippen molar-refractivity contribution < 1.29 is 19.5 Å². The molecule has 0 aliphatic rings. The zero-order valence-electron chi connectivity index (χ0n) is 13.3. The summed E-state index contributed by atoms with van der Waals surface area (Å²) in [5, 5.41) is 11.0. The number of nitrogens with two attached hydrogens (primary N) is 2. The topological polar surface area (TPSA) is 136 Å². The molecule has 23 heavy (non-hydrogen) atoms. The first-order chi connectivity index (χ1) is 10.9. The van der Waals surface area contributed by atoms with E-state index in [1.807, 2.05) is 6.92 Å². The fourth-order valence-corrected chi connectivity index (χ4v) is 1.56. The third-order valence-corrected chi connectivity index (χ3v) is 2.84. The fourth-order valence-electron chi connectivity index (χ4n) is 1.56. The lowest BCUT2D eigenvalue weighted by Crippen LogP contribution is -2.30. The highest BCUT2D eigenvalue weighted by atomic mass is 16.4. The molecule has 0 fully saturated rings. The van der Waals surface area contributed by atoms with E-state index in [9.17, 15) is 14.4 Å². The molecule has 0 saturated carbocycles. The summed E-state index contributed by atoms with van der Waals surface area (Å²) in [5.74, 6) is -0.949. The molecule has 0 bridgehead atoms. The summed E-state index contributed by atoms with van der Waals surface area (Å²) in [6, 6.07) is 6.05. The van der Waals surface area contributed by atoms with Crippen molar-refractivity contribution in [3.63, 3.8) is 0 Å². The van der Waals surface area contributed by atoms with Crippen LogP contribution in [0.4, 0.5) is 5.69 Å². The quantitative estimate of drug-likeness (QED) is 0.534. The van der Waals surface area contributed by atoms with Gasteiger partial charge in [0.05, 0.1) is 0 Å². The van der Waals surface area contributed by atoms with E-state index in [4.69, 9.17) is 16.6 Å². The van der Waals surface area contributed by atoms with Crippen LogP contribution in [-0.2, 0) is 9.59 Å². The number of aliphatic carboxylic acids is 1. The van der Waals surface area contributed by atoms with Crippen LogP contribution in [0.15, 0.2) is 24.3 Å². The molecule has 6 N–H and O–H groups in total. The van der Waals surface area contributed by atoms with Crippen LogP contribution in [0.1, 0.15) is 43.0 Å². The fraction of sp³-hybridized carbons (Fsp3) is 0.438. The number of nitrogens with one attached hydrogen (secondary N) is 1. The first-order valence-corrected chi connectivity index (χ1v) is 7.48. The average Bonchev–Trinajstić information content (AvgIpc) is 2.54. The van der Waals surface area contributed by atoms with Gasteiger partial charge in [-0.3, -0.25) is 14.4 Å². The van der Waals surface area contributed by atoms with Gasteiger partial charge in [-0.2, -0.15) is 0 Å². The first-order valence-electron chi connectivity index (χ1n) is 7.48. The van der Waals surface area contributed by atoms with E-state index < -0.39 is 12.0 Å². The molecule has 7 nitrogen and oxygen atoms in total. The predicted molar refractivity (Wildman–Crippen MR) is 89.3 cm³/mol. The lowest BCUT2D eigenvalue weighted by molar-refractivity contribution is -0.138. The Hall–Kier alpha value is -2.25. The summed E-state index contributed by atoms with van der Waals surface area (Å²) in [7, 11) is 0. The largest absolute Gasteiger partial charge is 0.480 e. The molecule has 1 rings (SSSR count). The summed E-state index contributed by atoms with van der Waals surface area (Å²) >= 11 is 0. The summed E-state index contributed by atoms with van der Waals surface area (Å²) in [5.41, 5.74) is 11.6. The molecule has 0 aliphatic carbocycles. The van der Waals surface area contributed by atoms with Gasteiger partial charge in [0.25, 0.3) is 0 Å². The van der Waals surface area contributed by atoms with Gasteiger partial charge >= 0.3 is 5.97 Å². The van der Waals surface area contributed by atoms with Crippen LogP contribution < -0.4 is 16.8 Å². The van der Waals surface area contributed by atoms with Crippen molar-refractivity contribution >= 4 is 23.9 Å². The Balaban J connectivity index is 0.000000468. The number of anilines is 1. The van der Waals surface area contributed by atoms with Crippen molar-refractivity contribution in [3.05, 3.63) is 29.8 Å². The summed E-state index contributed by atoms with van der Waals surface area (Å²) in [6.45, 7) is 2.45. The molecule has 128 valence electrons. The number of hydrogen-bond donors (Lipinski definition) is 4. The van der Waals surface area contributed by atoms with Gasteiger partial charge in [0.15, 0.2) is 0 Å². The minimum Gasteiger partial charge on any atom is -0.480 e. The number of carboxylic acids is 1. The van der Waals surface area contributed by atoms with Gasteiger partial charge < -0.3 is 21.9 Å². The minimum absolute atomic E-state index is 0.00588. The number of carboxylic acid groups (broad SMARTS) is 1. The van der Waals surface area contributed by atoms with Crippen molar-refractivity contribution in [2.45, 2.75) is 38.6 Å². The minimum atomic E-state index is -0.955. The van der Waals surface area contributed by atoms with Crippen LogP contribution in [0.25, 0.3) is 0 Å². The van der Waals surface area contributed by atoms with Crippen LogP contribution in [0, 0.1) is 0 Å². The summed E-state index contributed by atoms with van der Waals surface area (Å²) in [6.07, 6.45) is 3.27.